The molecule has 0 fully saturated rings. The molecule has 0 bridgehead atoms. The molecule has 5 nitrogen and oxygen atoms in total. The Kier molecular flexibility index (Phi) is 6.86. The lowest BCUT2D eigenvalue weighted by Crippen LogP contribution is -2.19. The van der Waals surface area contributed by atoms with Crippen LogP contribution in [0.25, 0.3) is 0 Å². The van der Waals surface area contributed by atoms with Crippen LogP contribution in [0.5, 0.6) is 5.75 Å². The van der Waals surface area contributed by atoms with Crippen molar-refractivity contribution in [1.82, 2.24) is 0 Å². The number of para-hydroxylation sites is 1. The minimum Gasteiger partial charge on any atom is -0.497 e. The Morgan fingerprint density at radius 2 is 1.72 bits per heavy atom. The lowest BCUT2D eigenvalue weighted by Gasteiger charge is -2.12. The van der Waals surface area contributed by atoms with Gasteiger partial charge in [-0.25, -0.2) is 4.39 Å². The number of benzene rings is 3. The van der Waals surface area contributed by atoms with Gasteiger partial charge in [-0.2, -0.15) is 0 Å². The third-order valence-corrected chi connectivity index (χ3v) is 4.97. The molecule has 0 aliphatic carbocycles. The molecule has 7 heteroatoms. The fourth-order valence-corrected chi connectivity index (χ4v) is 3.25. The first-order valence-electron chi connectivity index (χ1n) is 8.78. The quantitative estimate of drug-likeness (QED) is 0.548. The van der Waals surface area contributed by atoms with E-state index in [1.165, 1.54) is 23.9 Å². The van der Waals surface area contributed by atoms with Gasteiger partial charge in [-0.1, -0.05) is 18.2 Å². The Balaban J connectivity index is 1.65. The van der Waals surface area contributed by atoms with Crippen LogP contribution in [0.15, 0.2) is 77.7 Å². The summed E-state index contributed by atoms with van der Waals surface area (Å²) < 4.78 is 18.1. The highest BCUT2D eigenvalue weighted by Crippen LogP contribution is 2.22. The van der Waals surface area contributed by atoms with E-state index in [-0.39, 0.29) is 23.4 Å². The van der Waals surface area contributed by atoms with Gasteiger partial charge in [-0.15, -0.1) is 11.8 Å². The first-order chi connectivity index (χ1) is 14.0. The molecule has 0 atom stereocenters. The number of hydrogen-bond acceptors (Lipinski definition) is 4. The number of rotatable bonds is 7. The van der Waals surface area contributed by atoms with Crippen molar-refractivity contribution in [2.24, 2.45) is 0 Å². The maximum Gasteiger partial charge on any atom is 0.257 e. The number of nitrogens with one attached hydrogen (secondary N) is 2. The zero-order valence-electron chi connectivity index (χ0n) is 15.6. The average Bonchev–Trinajstić information content (AvgIpc) is 2.74. The van der Waals surface area contributed by atoms with Crippen molar-refractivity contribution in [3.05, 3.63) is 84.2 Å². The normalized spacial score (nSPS) is 10.3. The molecular weight excluding hydrogens is 391 g/mol. The van der Waals surface area contributed by atoms with Crippen LogP contribution in [0.2, 0.25) is 0 Å². The average molecular weight is 410 g/mol. The Bertz CT molecular complexity index is 1010. The zero-order chi connectivity index (χ0) is 20.6. The highest BCUT2D eigenvalue weighted by atomic mass is 32.2. The van der Waals surface area contributed by atoms with E-state index in [1.54, 1.807) is 67.8 Å². The molecular formula is C22H19FN2O3S. The fourth-order valence-electron chi connectivity index (χ4n) is 2.56. The third-order valence-electron chi connectivity index (χ3n) is 3.96. The molecule has 0 aliphatic rings. The maximum atomic E-state index is 13.0. The minimum atomic E-state index is -0.347. The molecule has 0 radical (unpaired) electrons. The highest BCUT2D eigenvalue weighted by molar-refractivity contribution is 8.00. The molecule has 29 heavy (non-hydrogen) atoms. The van der Waals surface area contributed by atoms with Crippen LogP contribution in [0.3, 0.4) is 0 Å². The lowest BCUT2D eigenvalue weighted by molar-refractivity contribution is -0.113. The van der Waals surface area contributed by atoms with Crippen molar-refractivity contribution < 1.29 is 18.7 Å². The molecule has 0 spiro atoms. The Labute approximate surface area is 172 Å². The van der Waals surface area contributed by atoms with E-state index in [4.69, 9.17) is 4.74 Å². The summed E-state index contributed by atoms with van der Waals surface area (Å²) in [5.41, 5.74) is 1.34. The lowest BCUT2D eigenvalue weighted by atomic mass is 10.1. The molecule has 148 valence electrons. The number of carbonyl (C=O) groups is 2. The van der Waals surface area contributed by atoms with Gasteiger partial charge in [-0.3, -0.25) is 9.59 Å². The second-order valence-electron chi connectivity index (χ2n) is 6.02. The summed E-state index contributed by atoms with van der Waals surface area (Å²) in [5, 5.41) is 5.56. The summed E-state index contributed by atoms with van der Waals surface area (Å²) >= 11 is 1.28. The minimum absolute atomic E-state index is 0.136. The Hall–Kier alpha value is -3.32. The second kappa shape index (κ2) is 9.75. The first kappa shape index (κ1) is 20.4. The molecule has 0 aliphatic heterocycles. The van der Waals surface area contributed by atoms with Crippen LogP contribution in [-0.4, -0.2) is 24.7 Å². The van der Waals surface area contributed by atoms with Gasteiger partial charge in [0.15, 0.2) is 0 Å². The molecule has 0 aromatic heterocycles. The highest BCUT2D eigenvalue weighted by Gasteiger charge is 2.14. The molecule has 0 unspecified atom stereocenters. The summed E-state index contributed by atoms with van der Waals surface area (Å²) in [6.45, 7) is 0. The number of amides is 2. The summed E-state index contributed by atoms with van der Waals surface area (Å²) in [6, 6.07) is 19.7. The van der Waals surface area contributed by atoms with Gasteiger partial charge in [0.05, 0.1) is 24.1 Å². The summed E-state index contributed by atoms with van der Waals surface area (Å²) in [5.74, 6) is -0.171. The number of thioether (sulfide) groups is 1. The number of anilines is 2. The van der Waals surface area contributed by atoms with E-state index in [9.17, 15) is 14.0 Å². The molecule has 2 amide bonds. The van der Waals surface area contributed by atoms with Gasteiger partial charge in [0, 0.05) is 16.6 Å². The molecule has 3 aromatic carbocycles. The molecule has 2 N–H and O–H groups in total. The predicted octanol–water partition coefficient (Wildman–Crippen LogP) is 4.82. The van der Waals surface area contributed by atoms with E-state index in [0.717, 1.165) is 4.90 Å². The van der Waals surface area contributed by atoms with Gasteiger partial charge in [0.1, 0.15) is 11.6 Å². The first-order valence-corrected chi connectivity index (χ1v) is 9.76. The van der Waals surface area contributed by atoms with E-state index < -0.39 is 0 Å². The van der Waals surface area contributed by atoms with E-state index in [1.807, 2.05) is 0 Å². The van der Waals surface area contributed by atoms with E-state index in [0.29, 0.717) is 22.7 Å². The van der Waals surface area contributed by atoms with Gasteiger partial charge in [0.25, 0.3) is 5.91 Å². The van der Waals surface area contributed by atoms with Crippen molar-refractivity contribution in [3.8, 4) is 5.75 Å². The maximum absolute atomic E-state index is 13.0. The zero-order valence-corrected chi connectivity index (χ0v) is 16.5. The predicted molar refractivity (Wildman–Crippen MR) is 113 cm³/mol. The van der Waals surface area contributed by atoms with Gasteiger partial charge in [0.2, 0.25) is 5.91 Å². The van der Waals surface area contributed by atoms with Crippen molar-refractivity contribution in [3.63, 3.8) is 0 Å². The number of halogens is 1. The van der Waals surface area contributed by atoms with Crippen LogP contribution in [-0.2, 0) is 4.79 Å². The van der Waals surface area contributed by atoms with E-state index in [2.05, 4.69) is 10.6 Å². The van der Waals surface area contributed by atoms with Crippen LogP contribution in [0.1, 0.15) is 10.4 Å². The van der Waals surface area contributed by atoms with E-state index >= 15 is 0 Å². The van der Waals surface area contributed by atoms with Crippen LogP contribution >= 0.6 is 11.8 Å². The fraction of sp³-hybridized carbons (Fsp3) is 0.0909. The molecule has 3 aromatic rings. The monoisotopic (exact) mass is 410 g/mol. The smallest absolute Gasteiger partial charge is 0.257 e. The van der Waals surface area contributed by atoms with Gasteiger partial charge < -0.3 is 15.4 Å². The van der Waals surface area contributed by atoms with Crippen molar-refractivity contribution in [2.45, 2.75) is 4.90 Å². The van der Waals surface area contributed by atoms with Gasteiger partial charge >= 0.3 is 0 Å². The number of ether oxygens (including phenoxy) is 1. The Morgan fingerprint density at radius 3 is 2.48 bits per heavy atom. The second-order valence-corrected chi connectivity index (χ2v) is 7.07. The molecule has 0 saturated heterocycles. The van der Waals surface area contributed by atoms with Crippen molar-refractivity contribution in [2.75, 3.05) is 23.5 Å². The third kappa shape index (κ3) is 5.83. The van der Waals surface area contributed by atoms with Crippen LogP contribution < -0.4 is 15.4 Å². The molecule has 3 rings (SSSR count). The van der Waals surface area contributed by atoms with Crippen LogP contribution in [0, 0.1) is 5.82 Å². The van der Waals surface area contributed by atoms with Crippen molar-refractivity contribution in [1.29, 1.82) is 0 Å². The number of carbonyl (C=O) groups excluding carboxylic acids is 2. The summed E-state index contributed by atoms with van der Waals surface area (Å²) in [7, 11) is 1.55. The standard InChI is InChI=1S/C22H19FN2O3S/c1-28-17-6-4-5-16(13-17)24-22(27)19-7-2-3-8-20(19)25-21(26)14-29-18-11-9-15(23)10-12-18/h2-13H,14H2,1H3,(H,24,27)(H,25,26). The molecule has 0 heterocycles. The number of hydrogen-bond donors (Lipinski definition) is 2. The topological polar surface area (TPSA) is 67.4 Å². The SMILES string of the molecule is COc1cccc(NC(=O)c2ccccc2NC(=O)CSc2ccc(F)cc2)c1. The summed E-state index contributed by atoms with van der Waals surface area (Å²) in [4.78, 5) is 25.8. The van der Waals surface area contributed by atoms with Gasteiger partial charge in [-0.05, 0) is 48.5 Å². The van der Waals surface area contributed by atoms with Crippen LogP contribution in [0.4, 0.5) is 15.8 Å². The van der Waals surface area contributed by atoms with Crippen molar-refractivity contribution >= 4 is 35.0 Å². The summed E-state index contributed by atoms with van der Waals surface area (Å²) in [6.07, 6.45) is 0. The largest absolute Gasteiger partial charge is 0.497 e. The number of methoxy groups -OCH3 is 1. The Morgan fingerprint density at radius 1 is 0.966 bits per heavy atom. The molecule has 0 saturated carbocycles.